The number of nitrogens with zero attached hydrogens (tertiary/aromatic N) is 7. The van der Waals surface area contributed by atoms with Gasteiger partial charge in [-0.2, -0.15) is 5.10 Å². The number of pyridine rings is 2. The molecule has 0 aliphatic rings. The van der Waals surface area contributed by atoms with Gasteiger partial charge in [-0.25, -0.2) is 23.7 Å². The van der Waals surface area contributed by atoms with Gasteiger partial charge in [0.25, 0.3) is 5.91 Å². The average Bonchev–Trinajstić information content (AvgIpc) is 3.26. The summed E-state index contributed by atoms with van der Waals surface area (Å²) < 4.78 is 55.8. The highest BCUT2D eigenvalue weighted by atomic mass is 19.2. The Morgan fingerprint density at radius 2 is 1.97 bits per heavy atom. The van der Waals surface area contributed by atoms with Crippen LogP contribution in [0.1, 0.15) is 14.6 Å². The number of hydrogen-bond acceptors (Lipinski definition) is 10. The number of ether oxygens (including phenoxy) is 1. The molecule has 0 aliphatic carbocycles. The van der Waals surface area contributed by atoms with E-state index in [0.717, 1.165) is 6.07 Å². The predicted molar refractivity (Wildman–Crippen MR) is 117 cm³/mol. The van der Waals surface area contributed by atoms with Crippen LogP contribution in [0, 0.1) is 11.6 Å². The highest BCUT2D eigenvalue weighted by Gasteiger charge is 2.20. The van der Waals surface area contributed by atoms with Crippen LogP contribution in [0.15, 0.2) is 36.9 Å². The molecule has 0 saturated carbocycles. The lowest BCUT2D eigenvalue weighted by Gasteiger charge is -2.15. The summed E-state index contributed by atoms with van der Waals surface area (Å²) in [5.74, 6) is -2.82. The second kappa shape index (κ2) is 9.40. The number of halogens is 2. The summed E-state index contributed by atoms with van der Waals surface area (Å²) >= 11 is 0. The molecule has 4 aromatic heterocycles. The molecule has 0 spiro atoms. The molecule has 4 heterocycles. The maximum absolute atomic E-state index is 13.6. The lowest BCUT2D eigenvalue weighted by molar-refractivity contribution is 0.0958. The largest absolute Gasteiger partial charge is 0.492 e. The zero-order valence-corrected chi connectivity index (χ0v) is 17.7. The second-order valence-corrected chi connectivity index (χ2v) is 6.66. The molecule has 0 fully saturated rings. The number of hydrogen-bond donors (Lipinski definition) is 3. The lowest BCUT2D eigenvalue weighted by atomic mass is 10.2. The number of carbonyl (C=O) groups is 1. The molecular formula is C20H18F2N10O2. The van der Waals surface area contributed by atoms with Crippen molar-refractivity contribution in [1.82, 2.24) is 40.2 Å². The zero-order chi connectivity index (χ0) is 26.7. The van der Waals surface area contributed by atoms with Crippen LogP contribution >= 0.6 is 0 Å². The van der Waals surface area contributed by atoms with Crippen LogP contribution in [-0.4, -0.2) is 54.9 Å². The first-order valence-corrected chi connectivity index (χ1v) is 9.48. The first-order chi connectivity index (χ1) is 17.5. The molecule has 34 heavy (non-hydrogen) atoms. The van der Waals surface area contributed by atoms with Crippen LogP contribution < -0.4 is 20.7 Å². The predicted octanol–water partition coefficient (Wildman–Crippen LogP) is 2.20. The first-order valence-electron chi connectivity index (χ1n) is 11.0. The Bertz CT molecular complexity index is 1460. The fraction of sp³-hybridized carbons (Fsp3) is 0.150. The molecule has 4 aromatic rings. The summed E-state index contributed by atoms with van der Waals surface area (Å²) in [5, 5.41) is 19.2. The zero-order valence-electron chi connectivity index (χ0n) is 20.7. The monoisotopic (exact) mass is 471 g/mol. The normalized spacial score (nSPS) is 12.3. The van der Waals surface area contributed by atoms with E-state index in [2.05, 4.69) is 40.9 Å². The van der Waals surface area contributed by atoms with Crippen molar-refractivity contribution < 1.29 is 22.4 Å². The summed E-state index contributed by atoms with van der Waals surface area (Å²) in [6.07, 6.45) is 3.61. The summed E-state index contributed by atoms with van der Waals surface area (Å²) in [4.78, 5) is 24.8. The topological polar surface area (TPSA) is 145 Å². The number of nitrogens with one attached hydrogen (secondary N) is 3. The van der Waals surface area contributed by atoms with E-state index in [1.165, 1.54) is 30.4 Å². The van der Waals surface area contributed by atoms with Gasteiger partial charge < -0.3 is 20.7 Å². The van der Waals surface area contributed by atoms with E-state index in [-0.39, 0.29) is 28.9 Å². The molecule has 1 amide bonds. The highest BCUT2D eigenvalue weighted by molar-refractivity contribution is 5.98. The van der Waals surface area contributed by atoms with Crippen LogP contribution in [0.2, 0.25) is 0 Å². The number of aryl methyl sites for hydroxylation is 1. The molecule has 14 heteroatoms. The molecule has 3 N–H and O–H groups in total. The van der Waals surface area contributed by atoms with Crippen molar-refractivity contribution in [1.29, 1.82) is 0 Å². The van der Waals surface area contributed by atoms with Crippen molar-refractivity contribution in [2.45, 2.75) is 0 Å². The van der Waals surface area contributed by atoms with Gasteiger partial charge in [0.1, 0.15) is 12.1 Å². The molecule has 0 radical (unpaired) electrons. The summed E-state index contributed by atoms with van der Waals surface area (Å²) in [6.45, 7) is -2.80. The fourth-order valence-electron chi connectivity index (χ4n) is 2.90. The van der Waals surface area contributed by atoms with E-state index in [9.17, 15) is 13.6 Å². The minimum atomic E-state index is -2.80. The SMILES string of the molecule is [2H]C([2H])([2H])NC(=O)c1nnc(Nc2cc(F)c(F)cn2)cc1Nc1nccc(-c2ncn(C)n2)c1OC. The number of amides is 1. The van der Waals surface area contributed by atoms with E-state index < -0.39 is 30.2 Å². The molecule has 12 nitrogen and oxygen atoms in total. The Hall–Kier alpha value is -4.75. The van der Waals surface area contributed by atoms with Crippen molar-refractivity contribution >= 4 is 29.0 Å². The Labute approximate surface area is 195 Å². The van der Waals surface area contributed by atoms with Gasteiger partial charge in [-0.15, -0.1) is 10.2 Å². The third-order valence-electron chi connectivity index (χ3n) is 4.39. The van der Waals surface area contributed by atoms with Crippen molar-refractivity contribution in [2.75, 3.05) is 24.7 Å². The maximum Gasteiger partial charge on any atom is 0.273 e. The van der Waals surface area contributed by atoms with Crippen LogP contribution in [0.3, 0.4) is 0 Å². The average molecular weight is 471 g/mol. The molecule has 0 saturated heterocycles. The van der Waals surface area contributed by atoms with Crippen molar-refractivity contribution in [2.24, 2.45) is 7.05 Å². The quantitative estimate of drug-likeness (QED) is 0.367. The van der Waals surface area contributed by atoms with Gasteiger partial charge in [-0.3, -0.25) is 9.48 Å². The number of methoxy groups -OCH3 is 1. The molecule has 0 bridgehead atoms. The first kappa shape index (κ1) is 18.8. The van der Waals surface area contributed by atoms with Crippen LogP contribution in [0.4, 0.5) is 31.9 Å². The van der Waals surface area contributed by atoms with Gasteiger partial charge in [-0.05, 0) is 6.07 Å². The maximum atomic E-state index is 13.6. The Morgan fingerprint density at radius 1 is 1.12 bits per heavy atom. The fourth-order valence-corrected chi connectivity index (χ4v) is 2.90. The number of carbonyl (C=O) groups excluding carboxylic acids is 1. The number of rotatable bonds is 7. The van der Waals surface area contributed by atoms with E-state index in [1.54, 1.807) is 13.1 Å². The standard InChI is InChI=1S/C20H18F2N10O2/c1-23-20(33)16-13(7-15(29-30-16)28-14-6-11(21)12(22)8-25-14)27-19-17(34-3)10(4-5-24-19)18-26-9-32(2)31-18/h4-9H,1-3H3,(H,23,33)(H2,24,25,27,28,29)/i1D3. The number of anilines is 4. The Kier molecular flexibility index (Phi) is 5.19. The summed E-state index contributed by atoms with van der Waals surface area (Å²) in [5.41, 5.74) is 0.0318. The minimum absolute atomic E-state index is 0.0343. The van der Waals surface area contributed by atoms with E-state index in [4.69, 9.17) is 8.85 Å². The third kappa shape index (κ3) is 4.55. The molecule has 4 rings (SSSR count). The van der Waals surface area contributed by atoms with E-state index in [1.807, 2.05) is 5.32 Å². The third-order valence-corrected chi connectivity index (χ3v) is 4.39. The van der Waals surface area contributed by atoms with Gasteiger partial charge in [-0.1, -0.05) is 0 Å². The Balaban J connectivity index is 1.75. The minimum Gasteiger partial charge on any atom is -0.492 e. The smallest absolute Gasteiger partial charge is 0.273 e. The van der Waals surface area contributed by atoms with Gasteiger partial charge >= 0.3 is 0 Å². The van der Waals surface area contributed by atoms with Crippen molar-refractivity contribution in [3.63, 3.8) is 0 Å². The van der Waals surface area contributed by atoms with Crippen LogP contribution in [-0.2, 0) is 7.05 Å². The molecule has 0 aliphatic heterocycles. The van der Waals surface area contributed by atoms with Gasteiger partial charge in [0.2, 0.25) is 0 Å². The molecule has 174 valence electrons. The second-order valence-electron chi connectivity index (χ2n) is 6.66. The summed E-state index contributed by atoms with van der Waals surface area (Å²) in [7, 11) is 3.08. The highest BCUT2D eigenvalue weighted by Crippen LogP contribution is 2.35. The molecular weight excluding hydrogens is 450 g/mol. The van der Waals surface area contributed by atoms with Gasteiger partial charge in [0, 0.05) is 36.5 Å². The molecule has 0 aromatic carbocycles. The van der Waals surface area contributed by atoms with Gasteiger partial charge in [0.15, 0.2) is 40.5 Å². The molecule has 0 unspecified atom stereocenters. The van der Waals surface area contributed by atoms with E-state index >= 15 is 0 Å². The van der Waals surface area contributed by atoms with Crippen LogP contribution in [0.25, 0.3) is 11.4 Å². The number of aromatic nitrogens is 7. The lowest BCUT2D eigenvalue weighted by Crippen LogP contribution is -2.21. The van der Waals surface area contributed by atoms with Crippen molar-refractivity contribution in [3.05, 3.63) is 54.2 Å². The van der Waals surface area contributed by atoms with Gasteiger partial charge in [0.05, 0.1) is 24.6 Å². The Morgan fingerprint density at radius 3 is 2.68 bits per heavy atom. The van der Waals surface area contributed by atoms with Crippen LogP contribution in [0.5, 0.6) is 5.75 Å². The summed E-state index contributed by atoms with van der Waals surface area (Å²) in [6, 6.07) is 3.69. The molecule has 0 atom stereocenters. The van der Waals surface area contributed by atoms with Crippen molar-refractivity contribution in [3.8, 4) is 17.1 Å². The van der Waals surface area contributed by atoms with E-state index in [0.29, 0.717) is 17.6 Å².